The van der Waals surface area contributed by atoms with Crippen LogP contribution in [-0.2, 0) is 14.9 Å². The second kappa shape index (κ2) is 30.3. The van der Waals surface area contributed by atoms with Crippen molar-refractivity contribution in [2.75, 3.05) is 5.75 Å². The van der Waals surface area contributed by atoms with Crippen LogP contribution in [0.4, 0.5) is 0 Å². The molecule has 0 aliphatic carbocycles. The maximum Gasteiger partial charge on any atom is 0.266 e. The second-order valence-electron chi connectivity index (χ2n) is 11.8. The van der Waals surface area contributed by atoms with Crippen molar-refractivity contribution in [3.05, 3.63) is 48.6 Å². The molecular weight excluding hydrogens is 558 g/mol. The van der Waals surface area contributed by atoms with Gasteiger partial charge >= 0.3 is 0 Å². The average molecular weight is 624 g/mol. The Morgan fingerprint density at radius 1 is 0.651 bits per heavy atom. The fourth-order valence-corrected chi connectivity index (χ4v) is 5.73. The van der Waals surface area contributed by atoms with Gasteiger partial charge in [0.1, 0.15) is 0 Å². The zero-order valence-corrected chi connectivity index (χ0v) is 28.4. The van der Waals surface area contributed by atoms with Crippen LogP contribution >= 0.6 is 0 Å². The molecule has 2 atom stereocenters. The number of aliphatic hydroxyl groups is 1. The van der Waals surface area contributed by atoms with E-state index in [0.717, 1.165) is 77.0 Å². The Morgan fingerprint density at radius 3 is 1.65 bits per heavy atom. The minimum absolute atomic E-state index is 0.261. The summed E-state index contributed by atoms with van der Waals surface area (Å²) in [7, 11) is -4.30. The Morgan fingerprint density at radius 2 is 1.12 bits per heavy atom. The lowest BCUT2D eigenvalue weighted by atomic mass is 10.0. The summed E-state index contributed by atoms with van der Waals surface area (Å²) in [6.07, 6.45) is 39.3. The molecule has 250 valence electrons. The minimum atomic E-state index is -4.30. The van der Waals surface area contributed by atoms with E-state index in [4.69, 9.17) is 0 Å². The van der Waals surface area contributed by atoms with Crippen LogP contribution in [0.5, 0.6) is 0 Å². The van der Waals surface area contributed by atoms with Gasteiger partial charge in [-0.05, 0) is 51.4 Å². The molecule has 0 spiro atoms. The van der Waals surface area contributed by atoms with Crippen molar-refractivity contribution in [1.29, 1.82) is 0 Å². The van der Waals surface area contributed by atoms with E-state index in [1.807, 2.05) is 0 Å². The molecule has 43 heavy (non-hydrogen) atoms. The second-order valence-corrected chi connectivity index (χ2v) is 13.3. The number of hydrogen-bond donors (Lipinski definition) is 3. The summed E-state index contributed by atoms with van der Waals surface area (Å²) in [5, 5.41) is 13.2. The van der Waals surface area contributed by atoms with Gasteiger partial charge in [-0.3, -0.25) is 9.35 Å². The van der Waals surface area contributed by atoms with Gasteiger partial charge in [0, 0.05) is 6.42 Å². The predicted molar refractivity (Wildman–Crippen MR) is 184 cm³/mol. The molecule has 0 aromatic heterocycles. The number of carbonyl (C=O) groups is 1. The average Bonchev–Trinajstić information content (AvgIpc) is 2.96. The first kappa shape index (κ1) is 41.3. The predicted octanol–water partition coefficient (Wildman–Crippen LogP) is 9.57. The quantitative estimate of drug-likeness (QED) is 0.0420. The van der Waals surface area contributed by atoms with Crippen molar-refractivity contribution in [1.82, 2.24) is 5.32 Å². The molecule has 0 aliphatic heterocycles. The summed E-state index contributed by atoms with van der Waals surface area (Å²) in [6, 6.07) is -0.973. The molecule has 0 aromatic carbocycles. The van der Waals surface area contributed by atoms with Crippen LogP contribution in [0.1, 0.15) is 155 Å². The molecule has 0 radical (unpaired) electrons. The number of amides is 1. The molecule has 0 saturated carbocycles. The highest BCUT2D eigenvalue weighted by molar-refractivity contribution is 7.85. The normalized spacial score (nSPS) is 14.0. The summed E-state index contributed by atoms with van der Waals surface area (Å²) >= 11 is 0. The molecule has 2 unspecified atom stereocenters. The SMILES string of the molecule is CC/C=C\C/C=C\C/C=C\C/C=C\CCCCCCCCCCC(=O)NC(CS(=O)(=O)O)C(O)CCCCCCCCC. The van der Waals surface area contributed by atoms with Gasteiger partial charge in [-0.1, -0.05) is 146 Å². The van der Waals surface area contributed by atoms with Crippen molar-refractivity contribution < 1.29 is 22.9 Å². The topological polar surface area (TPSA) is 104 Å². The van der Waals surface area contributed by atoms with E-state index < -0.39 is 28.0 Å². The van der Waals surface area contributed by atoms with Crippen LogP contribution in [-0.4, -0.2) is 41.9 Å². The highest BCUT2D eigenvalue weighted by Gasteiger charge is 2.26. The maximum absolute atomic E-state index is 12.4. The number of rotatable bonds is 30. The molecule has 3 N–H and O–H groups in total. The molecule has 0 rings (SSSR count). The molecule has 7 heteroatoms. The number of hydrogen-bond acceptors (Lipinski definition) is 4. The zero-order chi connectivity index (χ0) is 31.9. The third kappa shape index (κ3) is 31.5. The largest absolute Gasteiger partial charge is 0.391 e. The van der Waals surface area contributed by atoms with Gasteiger partial charge in [0.05, 0.1) is 17.9 Å². The van der Waals surface area contributed by atoms with Crippen LogP contribution in [0, 0.1) is 0 Å². The van der Waals surface area contributed by atoms with E-state index in [1.165, 1.54) is 51.4 Å². The number of carbonyl (C=O) groups excluding carboxylic acids is 1. The van der Waals surface area contributed by atoms with E-state index >= 15 is 0 Å². The van der Waals surface area contributed by atoms with Gasteiger partial charge in [-0.15, -0.1) is 0 Å². The summed E-state index contributed by atoms with van der Waals surface area (Å²) in [5.41, 5.74) is 0. The van der Waals surface area contributed by atoms with Crippen LogP contribution in [0.15, 0.2) is 48.6 Å². The van der Waals surface area contributed by atoms with Crippen molar-refractivity contribution >= 4 is 16.0 Å². The standard InChI is InChI=1S/C36H65NO5S/c1-3-5-7-9-11-12-13-14-15-16-17-18-19-20-21-22-23-24-26-28-30-32-36(39)37-34(33-43(40,41)42)35(38)31-29-27-25-10-8-6-4-2/h5,7,11-12,14-15,17-18,34-35,38H,3-4,6,8-10,13,16,19-33H2,1-2H3,(H,37,39)(H,40,41,42)/b7-5-,12-11-,15-14-,18-17-. The third-order valence-electron chi connectivity index (χ3n) is 7.55. The van der Waals surface area contributed by atoms with Gasteiger partial charge in [0.15, 0.2) is 0 Å². The molecule has 0 saturated heterocycles. The number of allylic oxidation sites excluding steroid dienone is 8. The van der Waals surface area contributed by atoms with Gasteiger partial charge in [0.25, 0.3) is 10.1 Å². The minimum Gasteiger partial charge on any atom is -0.391 e. The number of aliphatic hydroxyl groups excluding tert-OH is 1. The Balaban J connectivity index is 3.86. The number of unbranched alkanes of at least 4 members (excludes halogenated alkanes) is 14. The monoisotopic (exact) mass is 623 g/mol. The van der Waals surface area contributed by atoms with E-state index in [-0.39, 0.29) is 5.91 Å². The summed E-state index contributed by atoms with van der Waals surface area (Å²) < 4.78 is 32.2. The Hall–Kier alpha value is -1.70. The third-order valence-corrected chi connectivity index (χ3v) is 8.33. The van der Waals surface area contributed by atoms with Crippen molar-refractivity contribution in [2.24, 2.45) is 0 Å². The highest BCUT2D eigenvalue weighted by Crippen LogP contribution is 2.14. The molecule has 0 aliphatic rings. The van der Waals surface area contributed by atoms with E-state index in [0.29, 0.717) is 12.8 Å². The maximum atomic E-state index is 12.4. The molecule has 0 heterocycles. The summed E-state index contributed by atoms with van der Waals surface area (Å²) in [6.45, 7) is 4.33. The van der Waals surface area contributed by atoms with Crippen molar-refractivity contribution in [3.63, 3.8) is 0 Å². The Labute approximate surface area is 265 Å². The lowest BCUT2D eigenvalue weighted by molar-refractivity contribution is -0.122. The number of nitrogens with one attached hydrogen (secondary N) is 1. The smallest absolute Gasteiger partial charge is 0.266 e. The Bertz CT molecular complexity index is 863. The summed E-state index contributed by atoms with van der Waals surface area (Å²) in [4.78, 5) is 12.4. The van der Waals surface area contributed by atoms with E-state index in [9.17, 15) is 22.9 Å². The first-order valence-electron chi connectivity index (χ1n) is 17.3. The molecule has 0 bridgehead atoms. The fourth-order valence-electron chi connectivity index (χ4n) is 4.97. The summed E-state index contributed by atoms with van der Waals surface area (Å²) in [5.74, 6) is -0.915. The molecule has 0 aromatic rings. The van der Waals surface area contributed by atoms with Crippen LogP contribution in [0.25, 0.3) is 0 Å². The van der Waals surface area contributed by atoms with Gasteiger partial charge in [-0.25, -0.2) is 0 Å². The van der Waals surface area contributed by atoms with Gasteiger partial charge < -0.3 is 10.4 Å². The van der Waals surface area contributed by atoms with E-state index in [2.05, 4.69) is 67.8 Å². The highest BCUT2D eigenvalue weighted by atomic mass is 32.2. The molecule has 0 fully saturated rings. The van der Waals surface area contributed by atoms with Gasteiger partial charge in [0.2, 0.25) is 5.91 Å². The van der Waals surface area contributed by atoms with Crippen LogP contribution in [0.3, 0.4) is 0 Å². The Kier molecular flexibility index (Phi) is 29.1. The lowest BCUT2D eigenvalue weighted by Gasteiger charge is -2.23. The molecule has 1 amide bonds. The fraction of sp³-hybridized carbons (Fsp3) is 0.750. The van der Waals surface area contributed by atoms with Crippen LogP contribution < -0.4 is 5.32 Å². The van der Waals surface area contributed by atoms with Crippen molar-refractivity contribution in [3.8, 4) is 0 Å². The zero-order valence-electron chi connectivity index (χ0n) is 27.6. The first-order valence-corrected chi connectivity index (χ1v) is 18.9. The van der Waals surface area contributed by atoms with Crippen LogP contribution in [0.2, 0.25) is 0 Å². The first-order chi connectivity index (χ1) is 20.8. The molecule has 6 nitrogen and oxygen atoms in total. The molecular formula is C36H65NO5S. The van der Waals surface area contributed by atoms with Crippen molar-refractivity contribution in [2.45, 2.75) is 167 Å². The lowest BCUT2D eigenvalue weighted by Crippen LogP contribution is -2.47. The van der Waals surface area contributed by atoms with Gasteiger partial charge in [-0.2, -0.15) is 8.42 Å². The van der Waals surface area contributed by atoms with E-state index in [1.54, 1.807) is 0 Å².